The number of pyridine rings is 1. The van der Waals surface area contributed by atoms with Crippen molar-refractivity contribution in [2.75, 3.05) is 18.0 Å². The summed E-state index contributed by atoms with van der Waals surface area (Å²) < 4.78 is 20.3. The van der Waals surface area contributed by atoms with Crippen molar-refractivity contribution in [2.45, 2.75) is 26.4 Å². The number of benzene rings is 2. The summed E-state index contributed by atoms with van der Waals surface area (Å²) in [6.07, 6.45) is 2.25. The van der Waals surface area contributed by atoms with E-state index in [-0.39, 0.29) is 5.56 Å². The molecule has 30 heavy (non-hydrogen) atoms. The Hall–Kier alpha value is -3.39. The van der Waals surface area contributed by atoms with Gasteiger partial charge in [-0.15, -0.1) is 0 Å². The normalized spacial score (nSPS) is 14.4. The molecule has 152 valence electrons. The van der Waals surface area contributed by atoms with Crippen LogP contribution in [0.15, 0.2) is 60.7 Å². The summed E-state index contributed by atoms with van der Waals surface area (Å²) in [4.78, 5) is 7.06. The first-order chi connectivity index (χ1) is 14.6. The number of ether oxygens (including phenoxy) is 1. The highest BCUT2D eigenvalue weighted by Crippen LogP contribution is 2.30. The van der Waals surface area contributed by atoms with Crippen LogP contribution in [0.4, 0.5) is 10.2 Å². The van der Waals surface area contributed by atoms with Crippen molar-refractivity contribution in [3.8, 4) is 23.1 Å². The molecular weight excluding hydrogens is 377 g/mol. The van der Waals surface area contributed by atoms with Crippen LogP contribution in [-0.2, 0) is 6.61 Å². The Bertz CT molecular complexity index is 1050. The number of anilines is 1. The molecule has 1 aliphatic heterocycles. The predicted molar refractivity (Wildman–Crippen MR) is 116 cm³/mol. The third-order valence-electron chi connectivity index (χ3n) is 5.53. The summed E-state index contributed by atoms with van der Waals surface area (Å²) >= 11 is 0. The van der Waals surface area contributed by atoms with Crippen molar-refractivity contribution < 1.29 is 9.13 Å². The van der Waals surface area contributed by atoms with Gasteiger partial charge >= 0.3 is 0 Å². The van der Waals surface area contributed by atoms with Crippen molar-refractivity contribution in [2.24, 2.45) is 5.92 Å². The molecule has 4 nitrogen and oxygen atoms in total. The minimum absolute atomic E-state index is 0.0282. The summed E-state index contributed by atoms with van der Waals surface area (Å²) in [7, 11) is 0. The van der Waals surface area contributed by atoms with E-state index in [1.807, 2.05) is 48.5 Å². The molecule has 0 N–H and O–H groups in total. The third kappa shape index (κ3) is 4.60. The maximum absolute atomic E-state index is 14.2. The quantitative estimate of drug-likeness (QED) is 0.560. The number of rotatable bonds is 5. The summed E-state index contributed by atoms with van der Waals surface area (Å²) in [5.41, 5.74) is 2.37. The summed E-state index contributed by atoms with van der Waals surface area (Å²) in [5.74, 6) is 1.71. The van der Waals surface area contributed by atoms with Gasteiger partial charge in [-0.3, -0.25) is 0 Å². The summed E-state index contributed by atoms with van der Waals surface area (Å²) in [5, 5.41) is 9.01. The van der Waals surface area contributed by atoms with E-state index in [1.165, 1.54) is 12.1 Å². The van der Waals surface area contributed by atoms with Gasteiger partial charge in [-0.1, -0.05) is 43.3 Å². The second kappa shape index (κ2) is 8.96. The lowest BCUT2D eigenvalue weighted by Gasteiger charge is -2.31. The Morgan fingerprint density at radius 1 is 1.10 bits per heavy atom. The van der Waals surface area contributed by atoms with Crippen LogP contribution in [0.5, 0.6) is 5.75 Å². The molecule has 0 bridgehead atoms. The number of hydrogen-bond donors (Lipinski definition) is 0. The van der Waals surface area contributed by atoms with Gasteiger partial charge in [0.05, 0.1) is 11.3 Å². The highest BCUT2D eigenvalue weighted by molar-refractivity contribution is 5.65. The summed E-state index contributed by atoms with van der Waals surface area (Å²) in [6, 6.07) is 20.2. The molecule has 2 aromatic carbocycles. The molecule has 0 unspecified atom stereocenters. The monoisotopic (exact) mass is 401 g/mol. The number of nitriles is 1. The van der Waals surface area contributed by atoms with Crippen molar-refractivity contribution in [1.82, 2.24) is 4.98 Å². The van der Waals surface area contributed by atoms with Crippen LogP contribution in [0, 0.1) is 23.1 Å². The fourth-order valence-corrected chi connectivity index (χ4v) is 3.63. The van der Waals surface area contributed by atoms with Crippen molar-refractivity contribution in [3.63, 3.8) is 0 Å². The van der Waals surface area contributed by atoms with E-state index in [2.05, 4.69) is 11.8 Å². The zero-order valence-electron chi connectivity index (χ0n) is 17.0. The van der Waals surface area contributed by atoms with Gasteiger partial charge in [0.2, 0.25) is 0 Å². The predicted octanol–water partition coefficient (Wildman–Crippen LogP) is 5.57. The van der Waals surface area contributed by atoms with Gasteiger partial charge in [0, 0.05) is 30.8 Å². The first-order valence-electron chi connectivity index (χ1n) is 10.3. The third-order valence-corrected chi connectivity index (χ3v) is 5.53. The van der Waals surface area contributed by atoms with Gasteiger partial charge in [0.25, 0.3) is 0 Å². The van der Waals surface area contributed by atoms with Gasteiger partial charge in [-0.25, -0.2) is 9.37 Å². The van der Waals surface area contributed by atoms with Crippen LogP contribution in [0.25, 0.3) is 11.3 Å². The van der Waals surface area contributed by atoms with E-state index in [9.17, 15) is 4.39 Å². The molecule has 1 fully saturated rings. The Kier molecular flexibility index (Phi) is 5.94. The minimum atomic E-state index is -0.541. The molecule has 1 saturated heterocycles. The average Bonchev–Trinajstić information content (AvgIpc) is 2.78. The lowest BCUT2D eigenvalue weighted by Crippen LogP contribution is -2.33. The second-order valence-corrected chi connectivity index (χ2v) is 7.80. The average molecular weight is 401 g/mol. The van der Waals surface area contributed by atoms with Gasteiger partial charge in [0.1, 0.15) is 30.1 Å². The highest BCUT2D eigenvalue weighted by atomic mass is 19.1. The zero-order chi connectivity index (χ0) is 20.9. The van der Waals surface area contributed by atoms with E-state index in [4.69, 9.17) is 15.0 Å². The fourth-order valence-electron chi connectivity index (χ4n) is 3.63. The number of halogens is 1. The highest BCUT2D eigenvalue weighted by Gasteiger charge is 2.19. The SMILES string of the molecule is CC1CCN(c2cc(OCc3ccccc3)cc(-c3ccc(C#N)c(F)c3)n2)CC1. The molecule has 0 radical (unpaired) electrons. The molecule has 0 saturated carbocycles. The largest absolute Gasteiger partial charge is 0.489 e. The molecule has 0 atom stereocenters. The molecule has 2 heterocycles. The Morgan fingerprint density at radius 2 is 1.87 bits per heavy atom. The zero-order valence-corrected chi connectivity index (χ0v) is 17.0. The van der Waals surface area contributed by atoms with Crippen LogP contribution >= 0.6 is 0 Å². The minimum Gasteiger partial charge on any atom is -0.489 e. The number of aromatic nitrogens is 1. The summed E-state index contributed by atoms with van der Waals surface area (Å²) in [6.45, 7) is 4.60. The Morgan fingerprint density at radius 3 is 2.57 bits per heavy atom. The molecule has 0 amide bonds. The van der Waals surface area contributed by atoms with E-state index in [0.29, 0.717) is 29.5 Å². The molecule has 4 rings (SSSR count). The van der Waals surface area contributed by atoms with Gasteiger partial charge in [-0.2, -0.15) is 5.26 Å². The lowest BCUT2D eigenvalue weighted by molar-refractivity contribution is 0.306. The lowest BCUT2D eigenvalue weighted by atomic mass is 9.99. The van der Waals surface area contributed by atoms with Crippen LogP contribution in [0.3, 0.4) is 0 Å². The molecule has 1 aromatic heterocycles. The van der Waals surface area contributed by atoms with Crippen molar-refractivity contribution in [1.29, 1.82) is 5.26 Å². The van der Waals surface area contributed by atoms with Gasteiger partial charge in [0.15, 0.2) is 0 Å². The topological polar surface area (TPSA) is 49.1 Å². The first-order valence-corrected chi connectivity index (χ1v) is 10.3. The maximum atomic E-state index is 14.2. The van der Waals surface area contributed by atoms with Crippen molar-refractivity contribution >= 4 is 5.82 Å². The van der Waals surface area contributed by atoms with E-state index in [1.54, 1.807) is 6.07 Å². The Labute approximate surface area is 176 Å². The molecule has 5 heteroatoms. The first kappa shape index (κ1) is 19.9. The molecule has 1 aliphatic rings. The second-order valence-electron chi connectivity index (χ2n) is 7.80. The number of nitrogens with zero attached hydrogens (tertiary/aromatic N) is 3. The standard InChI is InChI=1S/C25H24FN3O/c1-18-9-11-29(12-10-18)25-15-22(30-17-19-5-3-2-4-6-19)14-24(28-25)20-7-8-21(16-27)23(26)13-20/h2-8,13-15,18H,9-12,17H2,1H3. The van der Waals surface area contributed by atoms with Gasteiger partial charge < -0.3 is 9.64 Å². The molecular formula is C25H24FN3O. The van der Waals surface area contributed by atoms with Crippen LogP contribution in [-0.4, -0.2) is 18.1 Å². The van der Waals surface area contributed by atoms with Crippen LogP contribution < -0.4 is 9.64 Å². The van der Waals surface area contributed by atoms with E-state index < -0.39 is 5.82 Å². The molecule has 0 aliphatic carbocycles. The van der Waals surface area contributed by atoms with Crippen molar-refractivity contribution in [3.05, 3.63) is 77.6 Å². The smallest absolute Gasteiger partial charge is 0.141 e. The van der Waals surface area contributed by atoms with E-state index in [0.717, 1.165) is 37.3 Å². The maximum Gasteiger partial charge on any atom is 0.141 e. The number of piperidine rings is 1. The molecule has 0 spiro atoms. The fraction of sp³-hybridized carbons (Fsp3) is 0.280. The number of hydrogen-bond acceptors (Lipinski definition) is 4. The van der Waals surface area contributed by atoms with Gasteiger partial charge in [-0.05, 0) is 36.5 Å². The van der Waals surface area contributed by atoms with E-state index >= 15 is 0 Å². The van der Waals surface area contributed by atoms with Crippen LogP contribution in [0.2, 0.25) is 0 Å². The molecule has 3 aromatic rings. The Balaban J connectivity index is 1.66. The van der Waals surface area contributed by atoms with Crippen LogP contribution in [0.1, 0.15) is 30.9 Å².